The molecule has 0 amide bonds. The van der Waals surface area contributed by atoms with Gasteiger partial charge in [0.15, 0.2) is 10.4 Å². The third-order valence-electron chi connectivity index (χ3n) is 3.55. The van der Waals surface area contributed by atoms with Crippen LogP contribution in [0, 0.1) is 4.77 Å². The molecule has 0 spiro atoms. The first-order valence-electron chi connectivity index (χ1n) is 7.05. The predicted molar refractivity (Wildman–Crippen MR) is 83.9 cm³/mol. The van der Waals surface area contributed by atoms with E-state index in [2.05, 4.69) is 33.3 Å². The number of aryl methyl sites for hydroxylation is 1. The number of imidazole rings is 1. The molecule has 0 saturated heterocycles. The first kappa shape index (κ1) is 15.0. The number of hydrogen-bond donors (Lipinski definition) is 1. The van der Waals surface area contributed by atoms with Crippen molar-refractivity contribution < 1.29 is 4.74 Å². The Kier molecular flexibility index (Phi) is 5.14. The summed E-state index contributed by atoms with van der Waals surface area (Å²) < 4.78 is 7.96. The summed E-state index contributed by atoms with van der Waals surface area (Å²) >= 11 is 5.38. The van der Waals surface area contributed by atoms with Crippen LogP contribution >= 0.6 is 12.2 Å². The van der Waals surface area contributed by atoms with Crippen LogP contribution in [-0.4, -0.2) is 46.2 Å². The summed E-state index contributed by atoms with van der Waals surface area (Å²) in [5, 5.41) is 0. The molecule has 0 fully saturated rings. The summed E-state index contributed by atoms with van der Waals surface area (Å²) in [6.07, 6.45) is 1.06. The van der Waals surface area contributed by atoms with E-state index in [9.17, 15) is 0 Å². The van der Waals surface area contributed by atoms with Gasteiger partial charge in [-0.3, -0.25) is 0 Å². The predicted octanol–water partition coefficient (Wildman–Crippen LogP) is 2.83. The zero-order chi connectivity index (χ0) is 14.5. The highest BCUT2D eigenvalue weighted by Crippen LogP contribution is 2.16. The minimum atomic E-state index is 0.615. The number of methoxy groups -OCH3 is 1. The standard InChI is InChI=1S/C14H22N4OS/c1-4-17(5-2)9-6-10-18-13-11(15-14(18)20)7-8-12(16-13)19-3/h7-8H,4-6,9-10H2,1-3H3,(H,15,20). The van der Waals surface area contributed by atoms with Crippen LogP contribution < -0.4 is 4.74 Å². The Bertz CT molecular complexity index is 615. The maximum atomic E-state index is 5.38. The van der Waals surface area contributed by atoms with Gasteiger partial charge in [-0.05, 0) is 44.3 Å². The van der Waals surface area contributed by atoms with Crippen molar-refractivity contribution in [2.24, 2.45) is 0 Å². The van der Waals surface area contributed by atoms with Crippen LogP contribution in [0.1, 0.15) is 20.3 Å². The molecule has 0 aromatic carbocycles. The minimum Gasteiger partial charge on any atom is -0.481 e. The van der Waals surface area contributed by atoms with Gasteiger partial charge in [-0.1, -0.05) is 13.8 Å². The first-order chi connectivity index (χ1) is 9.69. The van der Waals surface area contributed by atoms with Crippen molar-refractivity contribution in [2.45, 2.75) is 26.8 Å². The molecule has 0 unspecified atom stereocenters. The van der Waals surface area contributed by atoms with Crippen LogP contribution in [0.25, 0.3) is 11.2 Å². The monoisotopic (exact) mass is 294 g/mol. The van der Waals surface area contributed by atoms with Gasteiger partial charge in [0.05, 0.1) is 12.6 Å². The van der Waals surface area contributed by atoms with E-state index >= 15 is 0 Å². The average molecular weight is 294 g/mol. The Morgan fingerprint density at radius 3 is 2.75 bits per heavy atom. The normalized spacial score (nSPS) is 11.4. The molecule has 0 aliphatic carbocycles. The maximum absolute atomic E-state index is 5.38. The van der Waals surface area contributed by atoms with E-state index in [0.29, 0.717) is 5.88 Å². The highest BCUT2D eigenvalue weighted by Gasteiger charge is 2.08. The van der Waals surface area contributed by atoms with Crippen molar-refractivity contribution in [2.75, 3.05) is 26.7 Å². The number of hydrogen-bond acceptors (Lipinski definition) is 4. The second kappa shape index (κ2) is 6.85. The third kappa shape index (κ3) is 3.19. The van der Waals surface area contributed by atoms with Gasteiger partial charge < -0.3 is 19.2 Å². The quantitative estimate of drug-likeness (QED) is 0.798. The molecule has 0 radical (unpaired) electrons. The van der Waals surface area contributed by atoms with Gasteiger partial charge in [0.25, 0.3) is 0 Å². The Hall–Kier alpha value is -1.40. The summed E-state index contributed by atoms with van der Waals surface area (Å²) in [4.78, 5) is 10.1. The van der Waals surface area contributed by atoms with E-state index in [1.807, 2.05) is 12.1 Å². The topological polar surface area (TPSA) is 46.1 Å². The number of nitrogens with zero attached hydrogens (tertiary/aromatic N) is 3. The molecular formula is C14H22N4OS. The molecule has 0 aliphatic heterocycles. The smallest absolute Gasteiger partial charge is 0.215 e. The van der Waals surface area contributed by atoms with Crippen molar-refractivity contribution in [3.8, 4) is 5.88 Å². The highest BCUT2D eigenvalue weighted by atomic mass is 32.1. The summed E-state index contributed by atoms with van der Waals surface area (Å²) in [7, 11) is 1.63. The summed E-state index contributed by atoms with van der Waals surface area (Å²) in [6.45, 7) is 8.49. The summed E-state index contributed by atoms with van der Waals surface area (Å²) in [6, 6.07) is 3.80. The fourth-order valence-electron chi connectivity index (χ4n) is 2.33. The van der Waals surface area contributed by atoms with Gasteiger partial charge in [0.2, 0.25) is 5.88 Å². The molecule has 2 aromatic rings. The van der Waals surface area contributed by atoms with E-state index < -0.39 is 0 Å². The second-order valence-electron chi connectivity index (χ2n) is 4.69. The number of pyridine rings is 1. The molecule has 110 valence electrons. The lowest BCUT2D eigenvalue weighted by Gasteiger charge is -2.17. The van der Waals surface area contributed by atoms with Crippen molar-refractivity contribution >= 4 is 23.4 Å². The van der Waals surface area contributed by atoms with Gasteiger partial charge in [-0.15, -0.1) is 0 Å². The van der Waals surface area contributed by atoms with Crippen LogP contribution in [0.4, 0.5) is 0 Å². The van der Waals surface area contributed by atoms with Gasteiger partial charge in [-0.2, -0.15) is 4.98 Å². The molecule has 6 heteroatoms. The number of fused-ring (bicyclic) bond motifs is 1. The molecule has 20 heavy (non-hydrogen) atoms. The van der Waals surface area contributed by atoms with Crippen molar-refractivity contribution in [3.05, 3.63) is 16.9 Å². The number of ether oxygens (including phenoxy) is 1. The Morgan fingerprint density at radius 2 is 2.10 bits per heavy atom. The average Bonchev–Trinajstić information content (AvgIpc) is 2.78. The molecular weight excluding hydrogens is 272 g/mol. The van der Waals surface area contributed by atoms with Crippen LogP contribution in [-0.2, 0) is 6.54 Å². The second-order valence-corrected chi connectivity index (χ2v) is 5.07. The molecule has 1 N–H and O–H groups in total. The zero-order valence-electron chi connectivity index (χ0n) is 12.3. The number of rotatable bonds is 7. The lowest BCUT2D eigenvalue weighted by molar-refractivity contribution is 0.293. The first-order valence-corrected chi connectivity index (χ1v) is 7.46. The SMILES string of the molecule is CCN(CC)CCCn1c(=S)[nH]c2ccc(OC)nc21. The summed E-state index contributed by atoms with van der Waals surface area (Å²) in [5.41, 5.74) is 1.83. The molecule has 0 aliphatic rings. The van der Waals surface area contributed by atoms with Crippen LogP contribution in [0.15, 0.2) is 12.1 Å². The molecule has 5 nitrogen and oxygen atoms in total. The number of H-pyrrole nitrogens is 1. The fourth-order valence-corrected chi connectivity index (χ4v) is 2.61. The molecule has 0 saturated carbocycles. The molecule has 0 atom stereocenters. The fraction of sp³-hybridized carbons (Fsp3) is 0.571. The lowest BCUT2D eigenvalue weighted by Crippen LogP contribution is -2.24. The Morgan fingerprint density at radius 1 is 1.35 bits per heavy atom. The van der Waals surface area contributed by atoms with Crippen molar-refractivity contribution in [1.82, 2.24) is 19.4 Å². The molecule has 0 bridgehead atoms. The van der Waals surface area contributed by atoms with E-state index in [-0.39, 0.29) is 0 Å². The zero-order valence-corrected chi connectivity index (χ0v) is 13.2. The van der Waals surface area contributed by atoms with Crippen LogP contribution in [0.2, 0.25) is 0 Å². The third-order valence-corrected chi connectivity index (χ3v) is 3.87. The minimum absolute atomic E-state index is 0.615. The van der Waals surface area contributed by atoms with E-state index in [1.165, 1.54) is 0 Å². The number of aromatic amines is 1. The maximum Gasteiger partial charge on any atom is 0.215 e. The van der Waals surface area contributed by atoms with Crippen molar-refractivity contribution in [3.63, 3.8) is 0 Å². The molecule has 2 rings (SSSR count). The van der Waals surface area contributed by atoms with Gasteiger partial charge in [0.1, 0.15) is 0 Å². The Labute approximate surface area is 124 Å². The molecule has 2 heterocycles. The summed E-state index contributed by atoms with van der Waals surface area (Å²) in [5.74, 6) is 0.615. The van der Waals surface area contributed by atoms with Crippen LogP contribution in [0.3, 0.4) is 0 Å². The molecule has 2 aromatic heterocycles. The highest BCUT2D eigenvalue weighted by molar-refractivity contribution is 7.71. The van der Waals surface area contributed by atoms with Gasteiger partial charge in [-0.25, -0.2) is 0 Å². The largest absolute Gasteiger partial charge is 0.481 e. The van der Waals surface area contributed by atoms with Gasteiger partial charge >= 0.3 is 0 Å². The Balaban J connectivity index is 2.16. The number of nitrogens with one attached hydrogen (secondary N) is 1. The van der Waals surface area contributed by atoms with Crippen molar-refractivity contribution in [1.29, 1.82) is 0 Å². The number of aromatic nitrogens is 3. The van der Waals surface area contributed by atoms with E-state index in [0.717, 1.165) is 48.5 Å². The van der Waals surface area contributed by atoms with Gasteiger partial charge in [0, 0.05) is 12.6 Å². The van der Waals surface area contributed by atoms with E-state index in [4.69, 9.17) is 17.0 Å². The van der Waals surface area contributed by atoms with Crippen LogP contribution in [0.5, 0.6) is 5.88 Å². The lowest BCUT2D eigenvalue weighted by atomic mass is 10.3. The van der Waals surface area contributed by atoms with E-state index in [1.54, 1.807) is 7.11 Å².